The molecule has 0 heterocycles. The Hall–Kier alpha value is -1.86. The van der Waals surface area contributed by atoms with Crippen LogP contribution < -0.4 is 0 Å². The Morgan fingerprint density at radius 2 is 2.00 bits per heavy atom. The van der Waals surface area contributed by atoms with E-state index in [0.29, 0.717) is 0 Å². The van der Waals surface area contributed by atoms with Gasteiger partial charge in [-0.05, 0) is 0 Å². The van der Waals surface area contributed by atoms with Gasteiger partial charge in [-0.1, -0.05) is 0 Å². The van der Waals surface area contributed by atoms with E-state index < -0.39 is 23.8 Å². The Balaban J connectivity index is 3.41. The quantitative estimate of drug-likeness (QED) is 0.263. The van der Waals surface area contributed by atoms with Crippen LogP contribution in [0, 0.1) is 10.1 Å². The van der Waals surface area contributed by atoms with Crippen molar-refractivity contribution in [1.82, 2.24) is 0 Å². The van der Waals surface area contributed by atoms with Gasteiger partial charge in [-0.25, -0.2) is 0 Å². The number of ether oxygens (including phenoxy) is 1. The van der Waals surface area contributed by atoms with Crippen LogP contribution in [-0.4, -0.2) is 28.9 Å². The molecule has 0 atom stereocenters. The van der Waals surface area contributed by atoms with Gasteiger partial charge in [-0.2, -0.15) is 0 Å². The molecule has 13 heavy (non-hydrogen) atoms. The van der Waals surface area contributed by atoms with Crippen molar-refractivity contribution >= 4 is 11.9 Å². The summed E-state index contributed by atoms with van der Waals surface area (Å²) in [6.07, 6.45) is -0.715. The molecule has 0 aromatic carbocycles. The number of carbonyl (C=O) groups excluding carboxylic acids is 1. The third kappa shape index (κ3) is 8.04. The number of esters is 1. The topological polar surface area (TPSA) is 116 Å². The van der Waals surface area contributed by atoms with Crippen LogP contribution in [0.4, 0.5) is 0 Å². The SMILES string of the molecule is O=C(O)CCC(=O)OCO[N+](=O)[O-]. The highest BCUT2D eigenvalue weighted by Crippen LogP contribution is 1.92. The Labute approximate surface area is 72.2 Å². The Morgan fingerprint density at radius 1 is 1.38 bits per heavy atom. The molecule has 0 radical (unpaired) electrons. The third-order valence-electron chi connectivity index (χ3n) is 0.921. The minimum atomic E-state index is -1.15. The first kappa shape index (κ1) is 11.1. The second kappa shape index (κ2) is 5.75. The van der Waals surface area contributed by atoms with Gasteiger partial charge in [0.2, 0.25) is 6.79 Å². The number of rotatable bonds is 6. The molecule has 0 rings (SSSR count). The molecule has 0 fully saturated rings. The fourth-order valence-corrected chi connectivity index (χ4v) is 0.416. The van der Waals surface area contributed by atoms with Crippen molar-refractivity contribution in [2.45, 2.75) is 12.8 Å². The fourth-order valence-electron chi connectivity index (χ4n) is 0.416. The second-order valence-corrected chi connectivity index (χ2v) is 1.88. The molecule has 0 aromatic rings. The van der Waals surface area contributed by atoms with Crippen LogP contribution in [0.5, 0.6) is 0 Å². The molecule has 0 bridgehead atoms. The van der Waals surface area contributed by atoms with Crippen molar-refractivity contribution in [2.75, 3.05) is 6.79 Å². The van der Waals surface area contributed by atoms with E-state index in [9.17, 15) is 19.7 Å². The summed E-state index contributed by atoms with van der Waals surface area (Å²) in [5.41, 5.74) is 0. The number of carboxylic acids is 1. The first-order valence-corrected chi connectivity index (χ1v) is 3.17. The van der Waals surface area contributed by atoms with Crippen LogP contribution in [0.1, 0.15) is 12.8 Å². The van der Waals surface area contributed by atoms with E-state index in [4.69, 9.17) is 5.11 Å². The van der Waals surface area contributed by atoms with Gasteiger partial charge in [-0.15, -0.1) is 10.1 Å². The number of aliphatic carboxylic acids is 1. The first-order valence-electron chi connectivity index (χ1n) is 3.17. The van der Waals surface area contributed by atoms with E-state index in [1.807, 2.05) is 0 Å². The molecule has 8 nitrogen and oxygen atoms in total. The van der Waals surface area contributed by atoms with Gasteiger partial charge in [0.05, 0.1) is 12.8 Å². The maximum Gasteiger partial charge on any atom is 0.308 e. The highest BCUT2D eigenvalue weighted by atomic mass is 17.0. The maximum absolute atomic E-state index is 10.5. The molecule has 0 saturated heterocycles. The van der Waals surface area contributed by atoms with E-state index in [1.54, 1.807) is 0 Å². The van der Waals surface area contributed by atoms with Gasteiger partial charge in [0.25, 0.3) is 5.09 Å². The predicted octanol–water partition coefficient (Wildman–Crippen LogP) is -0.440. The maximum atomic E-state index is 10.5. The van der Waals surface area contributed by atoms with Gasteiger partial charge in [0.15, 0.2) is 0 Å². The van der Waals surface area contributed by atoms with Crippen molar-refractivity contribution < 1.29 is 29.4 Å². The first-order chi connectivity index (χ1) is 6.02. The lowest BCUT2D eigenvalue weighted by atomic mass is 10.3. The highest BCUT2D eigenvalue weighted by Gasteiger charge is 2.06. The lowest BCUT2D eigenvalue weighted by Gasteiger charge is -2.00. The monoisotopic (exact) mass is 193 g/mol. The zero-order valence-electron chi connectivity index (χ0n) is 6.47. The summed E-state index contributed by atoms with van der Waals surface area (Å²) in [5, 5.41) is 16.6. The normalized spacial score (nSPS) is 8.92. The number of hydrogen-bond donors (Lipinski definition) is 1. The number of nitrogens with zero attached hydrogens (tertiary/aromatic N) is 1. The summed E-state index contributed by atoms with van der Waals surface area (Å²) in [6, 6.07) is 0. The Kier molecular flexibility index (Phi) is 4.93. The van der Waals surface area contributed by atoms with E-state index in [1.165, 1.54) is 0 Å². The van der Waals surface area contributed by atoms with E-state index in [0.717, 1.165) is 0 Å². The number of carbonyl (C=O) groups is 2. The summed E-state index contributed by atoms with van der Waals surface area (Å²) in [5.74, 6) is -2.00. The van der Waals surface area contributed by atoms with E-state index in [2.05, 4.69) is 9.57 Å². The van der Waals surface area contributed by atoms with Gasteiger partial charge in [0, 0.05) is 0 Å². The lowest BCUT2D eigenvalue weighted by molar-refractivity contribution is -0.765. The molecule has 0 spiro atoms. The largest absolute Gasteiger partial charge is 0.481 e. The second-order valence-electron chi connectivity index (χ2n) is 1.88. The summed E-state index contributed by atoms with van der Waals surface area (Å²) in [4.78, 5) is 33.7. The molecule has 74 valence electrons. The molecule has 0 amide bonds. The molecule has 0 aliphatic rings. The average molecular weight is 193 g/mol. The molecule has 0 aliphatic heterocycles. The van der Waals surface area contributed by atoms with Crippen LogP contribution in [0.3, 0.4) is 0 Å². The van der Waals surface area contributed by atoms with Crippen molar-refractivity contribution in [3.05, 3.63) is 10.1 Å². The molecular weight excluding hydrogens is 186 g/mol. The minimum Gasteiger partial charge on any atom is -0.481 e. The smallest absolute Gasteiger partial charge is 0.308 e. The molecule has 0 saturated carbocycles. The van der Waals surface area contributed by atoms with Crippen LogP contribution in [0.25, 0.3) is 0 Å². The zero-order chi connectivity index (χ0) is 10.3. The minimum absolute atomic E-state index is 0.337. The van der Waals surface area contributed by atoms with Gasteiger partial charge < -0.3 is 9.84 Å². The number of hydrogen-bond acceptors (Lipinski definition) is 6. The predicted molar refractivity (Wildman–Crippen MR) is 35.9 cm³/mol. The lowest BCUT2D eigenvalue weighted by Crippen LogP contribution is -2.12. The summed E-state index contributed by atoms with van der Waals surface area (Å²) < 4.78 is 4.14. The average Bonchev–Trinajstić information content (AvgIpc) is 2.00. The van der Waals surface area contributed by atoms with Gasteiger partial charge >= 0.3 is 11.9 Å². The molecule has 0 aromatic heterocycles. The standard InChI is InChI=1S/C5H7NO7/c7-4(8)1-2-5(9)12-3-13-6(10)11/h1-3H2,(H,7,8). The molecule has 8 heteroatoms. The fraction of sp³-hybridized carbons (Fsp3) is 0.600. The molecule has 0 aliphatic carbocycles. The van der Waals surface area contributed by atoms with Gasteiger partial charge in [0.1, 0.15) is 0 Å². The van der Waals surface area contributed by atoms with Crippen LogP contribution in [0.15, 0.2) is 0 Å². The summed E-state index contributed by atoms with van der Waals surface area (Å²) in [7, 11) is 0. The van der Waals surface area contributed by atoms with Crippen LogP contribution in [0.2, 0.25) is 0 Å². The summed E-state index contributed by atoms with van der Waals surface area (Å²) >= 11 is 0. The van der Waals surface area contributed by atoms with E-state index >= 15 is 0 Å². The van der Waals surface area contributed by atoms with Crippen LogP contribution >= 0.6 is 0 Å². The van der Waals surface area contributed by atoms with Gasteiger partial charge in [-0.3, -0.25) is 14.4 Å². The van der Waals surface area contributed by atoms with Crippen molar-refractivity contribution in [1.29, 1.82) is 0 Å². The highest BCUT2D eigenvalue weighted by molar-refractivity contribution is 5.76. The number of carboxylic acid groups (broad SMARTS) is 1. The van der Waals surface area contributed by atoms with Crippen molar-refractivity contribution in [3.8, 4) is 0 Å². The third-order valence-corrected chi connectivity index (χ3v) is 0.921. The van der Waals surface area contributed by atoms with Crippen molar-refractivity contribution in [2.24, 2.45) is 0 Å². The van der Waals surface area contributed by atoms with Crippen LogP contribution in [-0.2, 0) is 19.2 Å². The Bertz CT molecular complexity index is 213. The molecule has 0 unspecified atom stereocenters. The summed E-state index contributed by atoms with van der Waals surface area (Å²) in [6.45, 7) is -0.814. The van der Waals surface area contributed by atoms with Crippen molar-refractivity contribution in [3.63, 3.8) is 0 Å². The van der Waals surface area contributed by atoms with E-state index in [-0.39, 0.29) is 12.8 Å². The zero-order valence-corrected chi connectivity index (χ0v) is 6.47. The molecule has 1 N–H and O–H groups in total. The molecular formula is C5H7NO7. The Morgan fingerprint density at radius 3 is 2.46 bits per heavy atom.